The first-order chi connectivity index (χ1) is 9.22. The second-order valence-electron chi connectivity index (χ2n) is 6.74. The molecule has 2 unspecified atom stereocenters. The van der Waals surface area contributed by atoms with Crippen molar-refractivity contribution in [2.45, 2.75) is 50.8 Å². The maximum atomic E-state index is 12.2. The van der Waals surface area contributed by atoms with Crippen LogP contribution >= 0.6 is 0 Å². The molecule has 0 spiro atoms. The van der Waals surface area contributed by atoms with Gasteiger partial charge in [-0.15, -0.1) is 0 Å². The van der Waals surface area contributed by atoms with Crippen molar-refractivity contribution in [3.05, 3.63) is 35.4 Å². The van der Waals surface area contributed by atoms with E-state index in [1.807, 2.05) is 12.1 Å². The van der Waals surface area contributed by atoms with Gasteiger partial charge in [0.05, 0.1) is 10.5 Å². The van der Waals surface area contributed by atoms with Crippen LogP contribution in [0.25, 0.3) is 0 Å². The van der Waals surface area contributed by atoms with Gasteiger partial charge in [-0.3, -0.25) is 0 Å². The van der Waals surface area contributed by atoms with Crippen molar-refractivity contribution in [2.75, 3.05) is 5.75 Å². The van der Waals surface area contributed by atoms with Gasteiger partial charge in [-0.05, 0) is 57.1 Å². The minimum atomic E-state index is -3.05. The summed E-state index contributed by atoms with van der Waals surface area (Å²) in [6, 6.07) is 8.21. The largest absolute Gasteiger partial charge is 0.324 e. The summed E-state index contributed by atoms with van der Waals surface area (Å²) in [6.45, 7) is 5.29. The summed E-state index contributed by atoms with van der Waals surface area (Å²) in [7, 11) is -3.05. The van der Waals surface area contributed by atoms with Gasteiger partial charge in [0.15, 0.2) is 9.84 Å². The van der Waals surface area contributed by atoms with Gasteiger partial charge in [0.25, 0.3) is 0 Å². The predicted octanol–water partition coefficient (Wildman–Crippen LogP) is 2.85. The predicted molar refractivity (Wildman–Crippen MR) is 83.3 cm³/mol. The SMILES string of the molecule is CC(C)(C)S(=O)(=O)CCC1CCc2ccccc2C1N. The molecule has 3 nitrogen and oxygen atoms in total. The van der Waals surface area contributed by atoms with Crippen molar-refractivity contribution in [1.82, 2.24) is 0 Å². The Morgan fingerprint density at radius 1 is 1.25 bits per heavy atom. The molecule has 20 heavy (non-hydrogen) atoms. The van der Waals surface area contributed by atoms with Gasteiger partial charge < -0.3 is 5.73 Å². The van der Waals surface area contributed by atoms with Gasteiger partial charge in [-0.2, -0.15) is 0 Å². The smallest absolute Gasteiger partial charge is 0.155 e. The molecule has 0 saturated carbocycles. The summed E-state index contributed by atoms with van der Waals surface area (Å²) in [5.41, 5.74) is 8.84. The fourth-order valence-corrected chi connectivity index (χ4v) is 4.02. The van der Waals surface area contributed by atoms with Gasteiger partial charge in [-0.25, -0.2) is 8.42 Å². The number of rotatable bonds is 3. The van der Waals surface area contributed by atoms with E-state index in [0.29, 0.717) is 6.42 Å². The van der Waals surface area contributed by atoms with Crippen molar-refractivity contribution in [3.8, 4) is 0 Å². The lowest BCUT2D eigenvalue weighted by Crippen LogP contribution is -2.34. The van der Waals surface area contributed by atoms with E-state index in [0.717, 1.165) is 12.8 Å². The van der Waals surface area contributed by atoms with Crippen LogP contribution in [-0.2, 0) is 16.3 Å². The summed E-state index contributed by atoms with van der Waals surface area (Å²) in [5, 5.41) is 0. The van der Waals surface area contributed by atoms with Crippen molar-refractivity contribution >= 4 is 9.84 Å². The number of hydrogen-bond donors (Lipinski definition) is 1. The van der Waals surface area contributed by atoms with E-state index in [4.69, 9.17) is 5.73 Å². The van der Waals surface area contributed by atoms with Gasteiger partial charge in [0.1, 0.15) is 0 Å². The van der Waals surface area contributed by atoms with Crippen molar-refractivity contribution in [2.24, 2.45) is 11.7 Å². The number of fused-ring (bicyclic) bond motifs is 1. The van der Waals surface area contributed by atoms with Crippen LogP contribution in [0.15, 0.2) is 24.3 Å². The van der Waals surface area contributed by atoms with Crippen LogP contribution in [0.2, 0.25) is 0 Å². The number of nitrogens with two attached hydrogens (primary N) is 1. The summed E-state index contributed by atoms with van der Waals surface area (Å²) in [4.78, 5) is 0. The van der Waals surface area contributed by atoms with Crippen LogP contribution < -0.4 is 5.73 Å². The number of benzene rings is 1. The molecule has 2 atom stereocenters. The summed E-state index contributed by atoms with van der Waals surface area (Å²) in [6.07, 6.45) is 2.65. The maximum absolute atomic E-state index is 12.2. The molecule has 112 valence electrons. The third kappa shape index (κ3) is 3.07. The van der Waals surface area contributed by atoms with E-state index in [9.17, 15) is 8.42 Å². The minimum Gasteiger partial charge on any atom is -0.324 e. The molecule has 0 aliphatic heterocycles. The molecule has 0 fully saturated rings. The summed E-state index contributed by atoms with van der Waals surface area (Å²) >= 11 is 0. The Balaban J connectivity index is 2.07. The lowest BCUT2D eigenvalue weighted by atomic mass is 9.79. The molecule has 1 aromatic carbocycles. The monoisotopic (exact) mass is 295 g/mol. The topological polar surface area (TPSA) is 60.2 Å². The standard InChI is InChI=1S/C16H25NO2S/c1-16(2,3)20(18,19)11-10-13-9-8-12-6-4-5-7-14(12)15(13)17/h4-7,13,15H,8-11,17H2,1-3H3. The third-order valence-corrected chi connectivity index (χ3v) is 7.04. The van der Waals surface area contributed by atoms with Gasteiger partial charge in [-0.1, -0.05) is 24.3 Å². The first kappa shape index (κ1) is 15.5. The van der Waals surface area contributed by atoms with Crippen LogP contribution in [0.5, 0.6) is 0 Å². The quantitative estimate of drug-likeness (QED) is 0.932. The first-order valence-electron chi connectivity index (χ1n) is 7.28. The average Bonchev–Trinajstić information content (AvgIpc) is 2.37. The molecule has 0 heterocycles. The number of hydrogen-bond acceptors (Lipinski definition) is 3. The highest BCUT2D eigenvalue weighted by Gasteiger charge is 2.32. The fraction of sp³-hybridized carbons (Fsp3) is 0.625. The minimum absolute atomic E-state index is 0.0323. The molecule has 0 saturated heterocycles. The summed E-state index contributed by atoms with van der Waals surface area (Å²) in [5.74, 6) is 0.499. The van der Waals surface area contributed by atoms with Crippen molar-refractivity contribution in [3.63, 3.8) is 0 Å². The van der Waals surface area contributed by atoms with Crippen LogP contribution in [0.1, 0.15) is 50.8 Å². The highest BCUT2D eigenvalue weighted by atomic mass is 32.2. The molecular formula is C16H25NO2S. The number of aryl methyl sites for hydroxylation is 1. The average molecular weight is 295 g/mol. The first-order valence-corrected chi connectivity index (χ1v) is 8.93. The molecule has 2 rings (SSSR count). The second kappa shape index (κ2) is 5.49. The third-order valence-electron chi connectivity index (χ3n) is 4.40. The van der Waals surface area contributed by atoms with E-state index in [-0.39, 0.29) is 17.7 Å². The zero-order valence-electron chi connectivity index (χ0n) is 12.6. The molecule has 4 heteroatoms. The molecule has 0 bridgehead atoms. The van der Waals surface area contributed by atoms with E-state index in [2.05, 4.69) is 12.1 Å². The normalized spacial score (nSPS) is 23.4. The molecule has 0 aromatic heterocycles. The van der Waals surface area contributed by atoms with Gasteiger partial charge in [0, 0.05) is 6.04 Å². The summed E-state index contributed by atoms with van der Waals surface area (Å²) < 4.78 is 23.7. The van der Waals surface area contributed by atoms with Gasteiger partial charge in [0.2, 0.25) is 0 Å². The lowest BCUT2D eigenvalue weighted by Gasteiger charge is -2.31. The van der Waals surface area contributed by atoms with E-state index >= 15 is 0 Å². The lowest BCUT2D eigenvalue weighted by molar-refractivity contribution is 0.367. The Labute approximate surface area is 122 Å². The Hall–Kier alpha value is -0.870. The Morgan fingerprint density at radius 2 is 1.90 bits per heavy atom. The zero-order chi connectivity index (χ0) is 15.0. The van der Waals surface area contributed by atoms with Crippen LogP contribution in [0, 0.1) is 5.92 Å². The van der Waals surface area contributed by atoms with Crippen molar-refractivity contribution in [1.29, 1.82) is 0 Å². The molecule has 1 aliphatic carbocycles. The van der Waals surface area contributed by atoms with Crippen molar-refractivity contribution < 1.29 is 8.42 Å². The van der Waals surface area contributed by atoms with E-state index in [1.165, 1.54) is 11.1 Å². The highest BCUT2D eigenvalue weighted by Crippen LogP contribution is 2.35. The molecule has 0 amide bonds. The highest BCUT2D eigenvalue weighted by molar-refractivity contribution is 7.92. The molecule has 1 aromatic rings. The number of sulfone groups is 1. The van der Waals surface area contributed by atoms with Crippen LogP contribution in [-0.4, -0.2) is 18.9 Å². The molecule has 2 N–H and O–H groups in total. The second-order valence-corrected chi connectivity index (χ2v) is 9.61. The van der Waals surface area contributed by atoms with Crippen LogP contribution in [0.4, 0.5) is 0 Å². The molecular weight excluding hydrogens is 270 g/mol. The van der Waals surface area contributed by atoms with E-state index < -0.39 is 14.6 Å². The Morgan fingerprint density at radius 3 is 2.55 bits per heavy atom. The Bertz CT molecular complexity index is 572. The molecule has 0 radical (unpaired) electrons. The fourth-order valence-electron chi connectivity index (χ4n) is 2.80. The Kier molecular flexibility index (Phi) is 4.26. The zero-order valence-corrected chi connectivity index (χ0v) is 13.4. The maximum Gasteiger partial charge on any atom is 0.155 e. The van der Waals surface area contributed by atoms with E-state index in [1.54, 1.807) is 20.8 Å². The van der Waals surface area contributed by atoms with Gasteiger partial charge >= 0.3 is 0 Å². The molecule has 1 aliphatic rings. The van der Waals surface area contributed by atoms with Crippen LogP contribution in [0.3, 0.4) is 0 Å².